The van der Waals surface area contributed by atoms with Crippen LogP contribution < -0.4 is 0 Å². The Bertz CT molecular complexity index is 1040. The van der Waals surface area contributed by atoms with Gasteiger partial charge in [0, 0.05) is 29.7 Å². The van der Waals surface area contributed by atoms with E-state index >= 15 is 0 Å². The van der Waals surface area contributed by atoms with Crippen LogP contribution in [0.2, 0.25) is 0 Å². The van der Waals surface area contributed by atoms with E-state index in [1.807, 2.05) is 49.4 Å². The van der Waals surface area contributed by atoms with Crippen LogP contribution in [0.1, 0.15) is 43.0 Å². The molecule has 4 rings (SSSR count). The summed E-state index contributed by atoms with van der Waals surface area (Å²) in [6.07, 6.45) is 5.70. The summed E-state index contributed by atoms with van der Waals surface area (Å²) in [6, 6.07) is 15.3. The molecule has 0 spiro atoms. The summed E-state index contributed by atoms with van der Waals surface area (Å²) < 4.78 is 28.1. The molecule has 1 heterocycles. The molecule has 1 N–H and O–H groups in total. The lowest BCUT2D eigenvalue weighted by molar-refractivity contribution is 0.423. The number of hydrogen-bond donors (Lipinski definition) is 1. The second kappa shape index (κ2) is 7.49. The molecule has 0 unspecified atom stereocenters. The predicted molar refractivity (Wildman–Crippen MR) is 109 cm³/mol. The number of H-pyrrole nitrogens is 1. The molecule has 142 valence electrons. The number of aryl methyl sites for hydroxylation is 2. The van der Waals surface area contributed by atoms with Crippen molar-refractivity contribution in [1.29, 1.82) is 0 Å². The molecule has 0 atom stereocenters. The molecule has 5 heteroatoms. The number of aromatic amines is 1. The van der Waals surface area contributed by atoms with Crippen LogP contribution >= 0.6 is 0 Å². The van der Waals surface area contributed by atoms with E-state index in [0.717, 1.165) is 29.3 Å². The van der Waals surface area contributed by atoms with Gasteiger partial charge in [-0.2, -0.15) is 4.31 Å². The van der Waals surface area contributed by atoms with Crippen molar-refractivity contribution < 1.29 is 8.42 Å². The normalized spacial score (nSPS) is 15.0. The van der Waals surface area contributed by atoms with Crippen molar-refractivity contribution in [3.63, 3.8) is 0 Å². The molecular weight excluding hydrogens is 356 g/mol. The molecule has 27 heavy (non-hydrogen) atoms. The van der Waals surface area contributed by atoms with Crippen molar-refractivity contribution in [2.45, 2.75) is 50.5 Å². The Morgan fingerprint density at radius 1 is 1.00 bits per heavy atom. The summed E-state index contributed by atoms with van der Waals surface area (Å²) >= 11 is 0. The van der Waals surface area contributed by atoms with Crippen LogP contribution in [-0.2, 0) is 29.4 Å². The number of nitrogens with one attached hydrogen (secondary N) is 1. The average Bonchev–Trinajstić information content (AvgIpc) is 2.86. The second-order valence-electron chi connectivity index (χ2n) is 7.27. The molecule has 3 aromatic rings. The van der Waals surface area contributed by atoms with E-state index in [4.69, 9.17) is 0 Å². The predicted octanol–water partition coefficient (Wildman–Crippen LogP) is 4.65. The van der Waals surface area contributed by atoms with Crippen molar-refractivity contribution in [3.8, 4) is 0 Å². The van der Waals surface area contributed by atoms with Gasteiger partial charge in [-0.25, -0.2) is 8.42 Å². The van der Waals surface area contributed by atoms with Crippen molar-refractivity contribution in [2.24, 2.45) is 0 Å². The van der Waals surface area contributed by atoms with Gasteiger partial charge < -0.3 is 4.98 Å². The van der Waals surface area contributed by atoms with Crippen LogP contribution in [0, 0.1) is 0 Å². The SMILES string of the molecule is CCN(Cc1ccccc1)S(=O)(=O)c1ccc2[nH]c3c(c2c1)CCCCC3. The van der Waals surface area contributed by atoms with Gasteiger partial charge in [0.05, 0.1) is 4.90 Å². The van der Waals surface area contributed by atoms with Crippen molar-refractivity contribution >= 4 is 20.9 Å². The minimum absolute atomic E-state index is 0.388. The topological polar surface area (TPSA) is 53.2 Å². The van der Waals surface area contributed by atoms with Crippen LogP contribution in [-0.4, -0.2) is 24.3 Å². The number of aromatic nitrogens is 1. The molecule has 0 fully saturated rings. The van der Waals surface area contributed by atoms with Crippen molar-refractivity contribution in [3.05, 3.63) is 65.4 Å². The molecule has 1 aliphatic rings. The van der Waals surface area contributed by atoms with E-state index in [1.54, 1.807) is 10.4 Å². The van der Waals surface area contributed by atoms with E-state index < -0.39 is 10.0 Å². The van der Waals surface area contributed by atoms with E-state index in [9.17, 15) is 8.42 Å². The highest BCUT2D eigenvalue weighted by molar-refractivity contribution is 7.89. The monoisotopic (exact) mass is 382 g/mol. The summed E-state index contributed by atoms with van der Waals surface area (Å²) in [5.41, 5.74) is 4.64. The van der Waals surface area contributed by atoms with Gasteiger partial charge in [-0.3, -0.25) is 0 Å². The van der Waals surface area contributed by atoms with E-state index in [2.05, 4.69) is 4.98 Å². The molecule has 0 saturated heterocycles. The average molecular weight is 383 g/mol. The molecule has 0 amide bonds. The number of hydrogen-bond acceptors (Lipinski definition) is 2. The van der Waals surface area contributed by atoms with Gasteiger partial charge in [0.15, 0.2) is 0 Å². The first-order valence-electron chi connectivity index (χ1n) is 9.77. The Hall–Kier alpha value is -2.11. The standard InChI is InChI=1S/C22H26N2O2S/c1-2-24(16-17-9-5-3-6-10-17)27(25,26)18-13-14-22-20(15-18)19-11-7-4-8-12-21(19)23-22/h3,5-6,9-10,13-15,23H,2,4,7-8,11-12,16H2,1H3. The maximum Gasteiger partial charge on any atom is 0.243 e. The first kappa shape index (κ1) is 18.3. The molecule has 1 aromatic heterocycles. The third-order valence-electron chi connectivity index (χ3n) is 5.51. The van der Waals surface area contributed by atoms with Crippen LogP contribution in [0.15, 0.2) is 53.4 Å². The maximum absolute atomic E-state index is 13.3. The Labute approximate surface area is 161 Å². The Balaban J connectivity index is 1.72. The highest BCUT2D eigenvalue weighted by Gasteiger charge is 2.25. The zero-order valence-corrected chi connectivity index (χ0v) is 16.6. The molecule has 0 bridgehead atoms. The number of sulfonamides is 1. The summed E-state index contributed by atoms with van der Waals surface area (Å²) in [7, 11) is -3.53. The van der Waals surface area contributed by atoms with Gasteiger partial charge in [-0.05, 0) is 55.0 Å². The molecular formula is C22H26N2O2S. The van der Waals surface area contributed by atoms with Crippen molar-refractivity contribution in [1.82, 2.24) is 9.29 Å². The summed E-state index contributed by atoms with van der Waals surface area (Å²) in [4.78, 5) is 3.90. The Morgan fingerprint density at radius 2 is 1.78 bits per heavy atom. The fraction of sp³-hybridized carbons (Fsp3) is 0.364. The number of nitrogens with zero attached hydrogens (tertiary/aromatic N) is 1. The summed E-state index contributed by atoms with van der Waals surface area (Å²) in [6.45, 7) is 2.73. The minimum Gasteiger partial charge on any atom is -0.358 e. The Morgan fingerprint density at radius 3 is 2.56 bits per heavy atom. The quantitative estimate of drug-likeness (QED) is 0.653. The zero-order valence-electron chi connectivity index (χ0n) is 15.7. The molecule has 0 saturated carbocycles. The van der Waals surface area contributed by atoms with E-state index in [-0.39, 0.29) is 0 Å². The summed E-state index contributed by atoms with van der Waals surface area (Å²) in [5, 5.41) is 1.07. The highest BCUT2D eigenvalue weighted by atomic mass is 32.2. The first-order chi connectivity index (χ1) is 13.1. The number of fused-ring (bicyclic) bond motifs is 3. The third kappa shape index (κ3) is 3.54. The molecule has 4 nitrogen and oxygen atoms in total. The van der Waals surface area contributed by atoms with Gasteiger partial charge in [-0.1, -0.05) is 43.7 Å². The maximum atomic E-state index is 13.3. The lowest BCUT2D eigenvalue weighted by atomic mass is 10.1. The molecule has 2 aromatic carbocycles. The van der Waals surface area contributed by atoms with Crippen LogP contribution in [0.3, 0.4) is 0 Å². The lowest BCUT2D eigenvalue weighted by Crippen LogP contribution is -2.30. The van der Waals surface area contributed by atoms with Gasteiger partial charge in [-0.15, -0.1) is 0 Å². The van der Waals surface area contributed by atoms with Crippen LogP contribution in [0.25, 0.3) is 10.9 Å². The van der Waals surface area contributed by atoms with Gasteiger partial charge >= 0.3 is 0 Å². The van der Waals surface area contributed by atoms with E-state index in [0.29, 0.717) is 18.0 Å². The van der Waals surface area contributed by atoms with Gasteiger partial charge in [0.2, 0.25) is 10.0 Å². The number of benzene rings is 2. The largest absolute Gasteiger partial charge is 0.358 e. The third-order valence-corrected chi connectivity index (χ3v) is 7.43. The van der Waals surface area contributed by atoms with Gasteiger partial charge in [0.1, 0.15) is 0 Å². The fourth-order valence-electron chi connectivity index (χ4n) is 4.03. The minimum atomic E-state index is -3.53. The fourth-order valence-corrected chi connectivity index (χ4v) is 5.49. The first-order valence-corrected chi connectivity index (χ1v) is 11.2. The molecule has 1 aliphatic carbocycles. The van der Waals surface area contributed by atoms with Crippen LogP contribution in [0.4, 0.5) is 0 Å². The van der Waals surface area contributed by atoms with Gasteiger partial charge in [0.25, 0.3) is 0 Å². The zero-order chi connectivity index (χ0) is 18.9. The summed E-state index contributed by atoms with van der Waals surface area (Å²) in [5.74, 6) is 0. The van der Waals surface area contributed by atoms with E-state index in [1.165, 1.54) is 30.5 Å². The lowest BCUT2D eigenvalue weighted by Gasteiger charge is -2.20. The Kier molecular flexibility index (Phi) is 5.06. The number of rotatable bonds is 5. The highest BCUT2D eigenvalue weighted by Crippen LogP contribution is 2.31. The molecule has 0 aliphatic heterocycles. The second-order valence-corrected chi connectivity index (χ2v) is 9.20. The smallest absolute Gasteiger partial charge is 0.243 e. The molecule has 0 radical (unpaired) electrons. The van der Waals surface area contributed by atoms with Crippen LogP contribution in [0.5, 0.6) is 0 Å². The van der Waals surface area contributed by atoms with Crippen molar-refractivity contribution in [2.75, 3.05) is 6.54 Å².